The van der Waals surface area contributed by atoms with Crippen molar-refractivity contribution >= 4 is 45.9 Å². The van der Waals surface area contributed by atoms with Crippen LogP contribution in [0, 0.1) is 5.92 Å². The second-order valence-electron chi connectivity index (χ2n) is 4.57. The van der Waals surface area contributed by atoms with E-state index in [1.165, 1.54) is 23.1 Å². The Kier molecular flexibility index (Phi) is 5.84. The standard InChI is InChI=1S/C13H15N5O2S2/c1-8(2)12(20)15-9-3-4-11(18-17-9)22-7-10(19)16-13-14-5-6-21-13/h3-6,8H,7H2,1-2H3,(H,14,16,19)(H,15,17,20). The van der Waals surface area contributed by atoms with E-state index in [1.54, 1.807) is 37.6 Å². The molecule has 22 heavy (non-hydrogen) atoms. The van der Waals surface area contributed by atoms with E-state index in [4.69, 9.17) is 0 Å². The summed E-state index contributed by atoms with van der Waals surface area (Å²) >= 11 is 2.63. The number of carbonyl (C=O) groups excluding carboxylic acids is 2. The lowest BCUT2D eigenvalue weighted by molar-refractivity contribution is -0.119. The Hall–Kier alpha value is -2.00. The first-order valence-electron chi connectivity index (χ1n) is 6.51. The number of thiazole rings is 1. The zero-order valence-electron chi connectivity index (χ0n) is 12.1. The van der Waals surface area contributed by atoms with E-state index >= 15 is 0 Å². The Morgan fingerprint density at radius 3 is 2.68 bits per heavy atom. The molecule has 0 saturated heterocycles. The number of anilines is 2. The average molecular weight is 337 g/mol. The Balaban J connectivity index is 1.81. The van der Waals surface area contributed by atoms with Gasteiger partial charge < -0.3 is 10.6 Å². The highest BCUT2D eigenvalue weighted by atomic mass is 32.2. The summed E-state index contributed by atoms with van der Waals surface area (Å²) in [5.41, 5.74) is 0. The van der Waals surface area contributed by atoms with Crippen LogP contribution in [0.4, 0.5) is 10.9 Å². The van der Waals surface area contributed by atoms with Gasteiger partial charge in [0.25, 0.3) is 0 Å². The lowest BCUT2D eigenvalue weighted by Gasteiger charge is -2.06. The number of nitrogens with one attached hydrogen (secondary N) is 2. The van der Waals surface area contributed by atoms with Crippen LogP contribution in [0.3, 0.4) is 0 Å². The van der Waals surface area contributed by atoms with Gasteiger partial charge in [0.2, 0.25) is 11.8 Å². The molecule has 0 spiro atoms. The minimum absolute atomic E-state index is 0.113. The van der Waals surface area contributed by atoms with Gasteiger partial charge in [-0.05, 0) is 12.1 Å². The van der Waals surface area contributed by atoms with E-state index in [-0.39, 0.29) is 23.5 Å². The van der Waals surface area contributed by atoms with Gasteiger partial charge in [0.05, 0.1) is 5.75 Å². The van der Waals surface area contributed by atoms with Crippen LogP contribution in [0.15, 0.2) is 28.7 Å². The van der Waals surface area contributed by atoms with Crippen LogP contribution in [0.25, 0.3) is 0 Å². The quantitative estimate of drug-likeness (QED) is 0.785. The highest BCUT2D eigenvalue weighted by molar-refractivity contribution is 7.99. The second kappa shape index (κ2) is 7.85. The predicted molar refractivity (Wildman–Crippen MR) is 87.0 cm³/mol. The van der Waals surface area contributed by atoms with Crippen LogP contribution in [0.1, 0.15) is 13.8 Å². The highest BCUT2D eigenvalue weighted by Gasteiger charge is 2.09. The van der Waals surface area contributed by atoms with Gasteiger partial charge in [-0.2, -0.15) is 0 Å². The number of thioether (sulfide) groups is 1. The van der Waals surface area contributed by atoms with Crippen molar-refractivity contribution in [3.63, 3.8) is 0 Å². The van der Waals surface area contributed by atoms with Crippen molar-refractivity contribution in [1.82, 2.24) is 15.2 Å². The summed E-state index contributed by atoms with van der Waals surface area (Å²) in [5.74, 6) is 0.226. The Labute approximate surface area is 135 Å². The molecule has 2 aromatic rings. The van der Waals surface area contributed by atoms with Gasteiger partial charge in [-0.15, -0.1) is 21.5 Å². The SMILES string of the molecule is CC(C)C(=O)Nc1ccc(SCC(=O)Nc2nccs2)nn1. The summed E-state index contributed by atoms with van der Waals surface area (Å²) in [6.07, 6.45) is 1.63. The number of rotatable bonds is 6. The fourth-order valence-corrected chi connectivity index (χ4v) is 2.47. The van der Waals surface area contributed by atoms with E-state index in [9.17, 15) is 9.59 Å². The maximum Gasteiger partial charge on any atom is 0.236 e. The first-order valence-corrected chi connectivity index (χ1v) is 8.38. The third-order valence-electron chi connectivity index (χ3n) is 2.45. The number of hydrogen-bond donors (Lipinski definition) is 2. The Morgan fingerprint density at radius 1 is 1.27 bits per heavy atom. The van der Waals surface area contributed by atoms with Crippen LogP contribution in [0.2, 0.25) is 0 Å². The van der Waals surface area contributed by atoms with Crippen molar-refractivity contribution in [2.24, 2.45) is 5.92 Å². The summed E-state index contributed by atoms with van der Waals surface area (Å²) in [6, 6.07) is 3.37. The molecule has 2 amide bonds. The molecule has 2 aromatic heterocycles. The summed E-state index contributed by atoms with van der Waals surface area (Å²) in [6.45, 7) is 3.60. The number of carbonyl (C=O) groups is 2. The monoisotopic (exact) mass is 337 g/mol. The average Bonchev–Trinajstić information content (AvgIpc) is 2.99. The minimum atomic E-state index is -0.154. The molecule has 0 aliphatic carbocycles. The van der Waals surface area contributed by atoms with Crippen LogP contribution < -0.4 is 10.6 Å². The smallest absolute Gasteiger partial charge is 0.236 e. The van der Waals surface area contributed by atoms with Gasteiger partial charge in [-0.3, -0.25) is 9.59 Å². The third-order valence-corrected chi connectivity index (χ3v) is 4.05. The summed E-state index contributed by atoms with van der Waals surface area (Å²) in [4.78, 5) is 27.2. The van der Waals surface area contributed by atoms with E-state index in [2.05, 4.69) is 25.8 Å². The topological polar surface area (TPSA) is 96.9 Å². The van der Waals surface area contributed by atoms with Crippen molar-refractivity contribution < 1.29 is 9.59 Å². The molecule has 116 valence electrons. The predicted octanol–water partition coefficient (Wildman–Crippen LogP) is 2.26. The molecule has 2 rings (SSSR count). The number of nitrogens with zero attached hydrogens (tertiary/aromatic N) is 3. The molecule has 2 N–H and O–H groups in total. The first-order chi connectivity index (χ1) is 10.5. The summed E-state index contributed by atoms with van der Waals surface area (Å²) in [5, 5.41) is 16.2. The largest absolute Gasteiger partial charge is 0.309 e. The van der Waals surface area contributed by atoms with E-state index in [1.807, 2.05) is 0 Å². The maximum atomic E-state index is 11.7. The van der Waals surface area contributed by atoms with Gasteiger partial charge in [0.1, 0.15) is 5.03 Å². The second-order valence-corrected chi connectivity index (χ2v) is 6.47. The Bertz CT molecular complexity index is 628. The molecule has 2 heterocycles. The van der Waals surface area contributed by atoms with Crippen molar-refractivity contribution in [3.05, 3.63) is 23.7 Å². The summed E-state index contributed by atoms with van der Waals surface area (Å²) < 4.78 is 0. The van der Waals surface area contributed by atoms with E-state index in [0.717, 1.165) is 0 Å². The fourth-order valence-electron chi connectivity index (χ4n) is 1.31. The molecule has 0 atom stereocenters. The molecule has 0 unspecified atom stereocenters. The molecule has 0 aliphatic heterocycles. The molecule has 0 aliphatic rings. The molecule has 0 aromatic carbocycles. The number of amides is 2. The summed E-state index contributed by atoms with van der Waals surface area (Å²) in [7, 11) is 0. The van der Waals surface area contributed by atoms with Crippen molar-refractivity contribution in [3.8, 4) is 0 Å². The van der Waals surface area contributed by atoms with Crippen LogP contribution in [-0.4, -0.2) is 32.7 Å². The first kappa shape index (κ1) is 16.4. The van der Waals surface area contributed by atoms with Crippen molar-refractivity contribution in [1.29, 1.82) is 0 Å². The minimum Gasteiger partial charge on any atom is -0.309 e. The third kappa shape index (κ3) is 5.08. The van der Waals surface area contributed by atoms with Crippen LogP contribution in [-0.2, 0) is 9.59 Å². The fraction of sp³-hybridized carbons (Fsp3) is 0.308. The zero-order chi connectivity index (χ0) is 15.9. The van der Waals surface area contributed by atoms with E-state index < -0.39 is 0 Å². The molecule has 0 bridgehead atoms. The lowest BCUT2D eigenvalue weighted by Crippen LogP contribution is -2.18. The zero-order valence-corrected chi connectivity index (χ0v) is 13.7. The van der Waals surface area contributed by atoms with Crippen LogP contribution >= 0.6 is 23.1 Å². The lowest BCUT2D eigenvalue weighted by atomic mass is 10.2. The van der Waals surface area contributed by atoms with Crippen LogP contribution in [0.5, 0.6) is 0 Å². The molecular formula is C13H15N5O2S2. The normalized spacial score (nSPS) is 10.5. The number of hydrogen-bond acceptors (Lipinski definition) is 7. The highest BCUT2D eigenvalue weighted by Crippen LogP contribution is 2.17. The van der Waals surface area contributed by atoms with Gasteiger partial charge in [0.15, 0.2) is 10.9 Å². The molecular weight excluding hydrogens is 322 g/mol. The molecule has 0 saturated carbocycles. The van der Waals surface area contributed by atoms with Gasteiger partial charge in [0, 0.05) is 17.5 Å². The van der Waals surface area contributed by atoms with Gasteiger partial charge >= 0.3 is 0 Å². The van der Waals surface area contributed by atoms with Crippen molar-refractivity contribution in [2.75, 3.05) is 16.4 Å². The van der Waals surface area contributed by atoms with E-state index in [0.29, 0.717) is 16.0 Å². The maximum absolute atomic E-state index is 11.7. The number of aromatic nitrogens is 3. The molecule has 9 heteroatoms. The van der Waals surface area contributed by atoms with Gasteiger partial charge in [-0.1, -0.05) is 25.6 Å². The molecule has 7 nitrogen and oxygen atoms in total. The van der Waals surface area contributed by atoms with Crippen molar-refractivity contribution in [2.45, 2.75) is 18.9 Å². The Morgan fingerprint density at radius 2 is 2.09 bits per heavy atom. The van der Waals surface area contributed by atoms with Gasteiger partial charge in [-0.25, -0.2) is 4.98 Å². The molecule has 0 radical (unpaired) electrons. The molecule has 0 fully saturated rings.